The molecule has 0 spiro atoms. The second-order valence-corrected chi connectivity index (χ2v) is 6.04. The minimum atomic E-state index is -1.36. The second-order valence-electron chi connectivity index (χ2n) is 6.04. The SMILES string of the molecule is CCOc1cc(OCC)c(-c2c(C(=O)O)oc(=O)c3ccccc23)c(OCC)c1. The summed E-state index contributed by atoms with van der Waals surface area (Å²) in [5, 5.41) is 10.5. The minimum Gasteiger partial charge on any atom is -0.494 e. The molecule has 152 valence electrons. The van der Waals surface area contributed by atoms with E-state index < -0.39 is 17.4 Å². The van der Waals surface area contributed by atoms with Gasteiger partial charge in [0.1, 0.15) is 17.2 Å². The van der Waals surface area contributed by atoms with Gasteiger partial charge in [-0.05, 0) is 26.8 Å². The number of hydrogen-bond acceptors (Lipinski definition) is 6. The maximum atomic E-state index is 12.3. The first-order valence-electron chi connectivity index (χ1n) is 9.37. The van der Waals surface area contributed by atoms with E-state index in [-0.39, 0.29) is 10.9 Å². The first-order chi connectivity index (χ1) is 14.0. The Labute approximate surface area is 167 Å². The monoisotopic (exact) mass is 398 g/mol. The zero-order chi connectivity index (χ0) is 21.0. The fraction of sp³-hybridized carbons (Fsp3) is 0.273. The second kappa shape index (κ2) is 8.68. The van der Waals surface area contributed by atoms with Crippen molar-refractivity contribution in [3.05, 3.63) is 52.6 Å². The van der Waals surface area contributed by atoms with Crippen LogP contribution in [0.4, 0.5) is 0 Å². The van der Waals surface area contributed by atoms with Gasteiger partial charge in [-0.15, -0.1) is 0 Å². The number of carbonyl (C=O) groups is 1. The lowest BCUT2D eigenvalue weighted by Crippen LogP contribution is -2.11. The van der Waals surface area contributed by atoms with Gasteiger partial charge >= 0.3 is 11.6 Å². The predicted octanol–water partition coefficient (Wildman–Crippen LogP) is 4.35. The molecule has 0 aliphatic carbocycles. The van der Waals surface area contributed by atoms with Crippen molar-refractivity contribution in [1.29, 1.82) is 0 Å². The summed E-state index contributed by atoms with van der Waals surface area (Å²) < 4.78 is 22.4. The zero-order valence-corrected chi connectivity index (χ0v) is 16.5. The summed E-state index contributed by atoms with van der Waals surface area (Å²) in [4.78, 5) is 24.3. The molecule has 1 heterocycles. The Morgan fingerprint density at radius 2 is 1.45 bits per heavy atom. The van der Waals surface area contributed by atoms with E-state index in [1.807, 2.05) is 20.8 Å². The quantitative estimate of drug-likeness (QED) is 0.602. The highest BCUT2D eigenvalue weighted by molar-refractivity contribution is 6.07. The van der Waals surface area contributed by atoms with Crippen molar-refractivity contribution in [3.63, 3.8) is 0 Å². The fourth-order valence-electron chi connectivity index (χ4n) is 3.20. The normalized spacial score (nSPS) is 10.7. The lowest BCUT2D eigenvalue weighted by atomic mass is 9.96. The summed E-state index contributed by atoms with van der Waals surface area (Å²) >= 11 is 0. The first kappa shape index (κ1) is 20.3. The molecule has 0 radical (unpaired) electrons. The van der Waals surface area contributed by atoms with Gasteiger partial charge in [0.2, 0.25) is 5.76 Å². The molecule has 7 heteroatoms. The minimum absolute atomic E-state index is 0.225. The number of carboxylic acids is 1. The molecule has 0 atom stereocenters. The third-order valence-corrected chi connectivity index (χ3v) is 4.23. The van der Waals surface area contributed by atoms with Crippen molar-refractivity contribution < 1.29 is 28.5 Å². The largest absolute Gasteiger partial charge is 0.494 e. The third-order valence-electron chi connectivity index (χ3n) is 4.23. The van der Waals surface area contributed by atoms with E-state index in [4.69, 9.17) is 18.6 Å². The highest BCUT2D eigenvalue weighted by Crippen LogP contribution is 2.45. The molecule has 29 heavy (non-hydrogen) atoms. The molecular weight excluding hydrogens is 376 g/mol. The van der Waals surface area contributed by atoms with E-state index in [1.54, 1.807) is 36.4 Å². The van der Waals surface area contributed by atoms with Crippen LogP contribution in [0.2, 0.25) is 0 Å². The van der Waals surface area contributed by atoms with Gasteiger partial charge in [0, 0.05) is 23.1 Å². The summed E-state index contributed by atoms with van der Waals surface area (Å²) in [6, 6.07) is 10.0. The van der Waals surface area contributed by atoms with Crippen molar-refractivity contribution in [2.45, 2.75) is 20.8 Å². The maximum absolute atomic E-state index is 12.3. The molecule has 0 bridgehead atoms. The average molecular weight is 398 g/mol. The molecule has 1 aromatic heterocycles. The first-order valence-corrected chi connectivity index (χ1v) is 9.37. The van der Waals surface area contributed by atoms with Gasteiger partial charge in [-0.2, -0.15) is 0 Å². The van der Waals surface area contributed by atoms with Crippen LogP contribution in [-0.4, -0.2) is 30.9 Å². The van der Waals surface area contributed by atoms with Crippen LogP contribution in [0.1, 0.15) is 31.3 Å². The van der Waals surface area contributed by atoms with Crippen molar-refractivity contribution >= 4 is 16.7 Å². The highest BCUT2D eigenvalue weighted by atomic mass is 16.5. The average Bonchev–Trinajstić information content (AvgIpc) is 2.69. The molecule has 3 rings (SSSR count). The van der Waals surface area contributed by atoms with E-state index in [0.29, 0.717) is 48.0 Å². The molecule has 0 unspecified atom stereocenters. The Kier molecular flexibility index (Phi) is 6.07. The van der Waals surface area contributed by atoms with Crippen LogP contribution in [-0.2, 0) is 0 Å². The molecule has 0 aliphatic rings. The van der Waals surface area contributed by atoms with Gasteiger partial charge in [0.15, 0.2) is 0 Å². The Morgan fingerprint density at radius 1 is 0.897 bits per heavy atom. The number of ether oxygens (including phenoxy) is 3. The van der Waals surface area contributed by atoms with Gasteiger partial charge in [0.25, 0.3) is 0 Å². The lowest BCUT2D eigenvalue weighted by Gasteiger charge is -2.19. The number of fused-ring (bicyclic) bond motifs is 1. The van der Waals surface area contributed by atoms with Gasteiger partial charge in [-0.25, -0.2) is 9.59 Å². The molecule has 0 saturated carbocycles. The number of hydrogen-bond donors (Lipinski definition) is 1. The van der Waals surface area contributed by atoms with E-state index in [0.717, 1.165) is 0 Å². The highest BCUT2D eigenvalue weighted by Gasteiger charge is 2.27. The Hall–Kier alpha value is -3.48. The Bertz CT molecular complexity index is 1070. The van der Waals surface area contributed by atoms with Gasteiger partial charge in [-0.3, -0.25) is 0 Å². The van der Waals surface area contributed by atoms with Crippen LogP contribution >= 0.6 is 0 Å². The summed E-state index contributed by atoms with van der Waals surface area (Å²) in [6.45, 7) is 6.62. The summed E-state index contributed by atoms with van der Waals surface area (Å²) in [6.07, 6.45) is 0. The summed E-state index contributed by atoms with van der Waals surface area (Å²) in [5.41, 5.74) is -0.0965. The molecule has 3 aromatic rings. The third kappa shape index (κ3) is 3.89. The molecule has 0 amide bonds. The summed E-state index contributed by atoms with van der Waals surface area (Å²) in [5.74, 6) is -0.546. The van der Waals surface area contributed by atoms with Crippen molar-refractivity contribution in [3.8, 4) is 28.4 Å². The summed E-state index contributed by atoms with van der Waals surface area (Å²) in [7, 11) is 0. The number of aromatic carboxylic acids is 1. The molecule has 0 saturated heterocycles. The van der Waals surface area contributed by atoms with Crippen molar-refractivity contribution in [2.75, 3.05) is 19.8 Å². The lowest BCUT2D eigenvalue weighted by molar-refractivity contribution is 0.0659. The molecule has 7 nitrogen and oxygen atoms in total. The van der Waals surface area contributed by atoms with Crippen LogP contribution in [0, 0.1) is 0 Å². The fourth-order valence-corrected chi connectivity index (χ4v) is 3.20. The standard InChI is InChI=1S/C22H22O7/c1-4-26-13-11-16(27-5-2)19(17(12-13)28-6-3)18-14-9-7-8-10-15(14)22(25)29-20(18)21(23)24/h7-12H,4-6H2,1-3H3,(H,23,24). The van der Waals surface area contributed by atoms with Crippen molar-refractivity contribution in [1.82, 2.24) is 0 Å². The number of carboxylic acid groups (broad SMARTS) is 1. The van der Waals surface area contributed by atoms with Crippen LogP contribution in [0.15, 0.2) is 45.6 Å². The van der Waals surface area contributed by atoms with Gasteiger partial charge in [-0.1, -0.05) is 18.2 Å². The molecule has 1 N–H and O–H groups in total. The van der Waals surface area contributed by atoms with Crippen LogP contribution in [0.25, 0.3) is 21.9 Å². The topological polar surface area (TPSA) is 95.2 Å². The van der Waals surface area contributed by atoms with Crippen LogP contribution < -0.4 is 19.8 Å². The van der Waals surface area contributed by atoms with E-state index >= 15 is 0 Å². The molecule has 2 aromatic carbocycles. The molecule has 0 aliphatic heterocycles. The van der Waals surface area contributed by atoms with Crippen molar-refractivity contribution in [2.24, 2.45) is 0 Å². The number of rotatable bonds is 8. The Balaban J connectivity index is 2.48. The Morgan fingerprint density at radius 3 is 1.97 bits per heavy atom. The smallest absolute Gasteiger partial charge is 0.372 e. The predicted molar refractivity (Wildman–Crippen MR) is 108 cm³/mol. The zero-order valence-electron chi connectivity index (χ0n) is 16.5. The number of benzene rings is 2. The van der Waals surface area contributed by atoms with E-state index in [9.17, 15) is 14.7 Å². The maximum Gasteiger partial charge on any atom is 0.372 e. The van der Waals surface area contributed by atoms with Gasteiger partial charge < -0.3 is 23.7 Å². The van der Waals surface area contributed by atoms with E-state index in [1.165, 1.54) is 0 Å². The van der Waals surface area contributed by atoms with Crippen LogP contribution in [0.5, 0.6) is 17.2 Å². The van der Waals surface area contributed by atoms with Crippen LogP contribution in [0.3, 0.4) is 0 Å². The van der Waals surface area contributed by atoms with E-state index in [2.05, 4.69) is 0 Å². The molecular formula is C22H22O7. The molecule has 0 fully saturated rings. The van der Waals surface area contributed by atoms with Gasteiger partial charge in [0.05, 0.1) is 30.8 Å².